The minimum Gasteiger partial charge on any atom is -0.313 e. The average Bonchev–Trinajstić information content (AvgIpc) is 2.91. The van der Waals surface area contributed by atoms with Crippen molar-refractivity contribution in [1.29, 1.82) is 0 Å². The lowest BCUT2D eigenvalue weighted by atomic mass is 10.0. The van der Waals surface area contributed by atoms with Gasteiger partial charge in [0, 0.05) is 17.7 Å². The number of rotatable bonds is 4. The molecule has 25 heavy (non-hydrogen) atoms. The van der Waals surface area contributed by atoms with Crippen molar-refractivity contribution in [2.45, 2.75) is 12.6 Å². The van der Waals surface area contributed by atoms with Gasteiger partial charge in [0.2, 0.25) is 0 Å². The molecule has 5 heteroatoms. The molecule has 5 nitrogen and oxygen atoms in total. The van der Waals surface area contributed by atoms with Gasteiger partial charge in [0.25, 0.3) is 11.8 Å². The largest absolute Gasteiger partial charge is 0.313 e. The van der Waals surface area contributed by atoms with Crippen molar-refractivity contribution in [2.24, 2.45) is 0 Å². The molecule has 0 bridgehead atoms. The highest BCUT2D eigenvalue weighted by molar-refractivity contribution is 6.16. The summed E-state index contributed by atoms with van der Waals surface area (Å²) in [7, 11) is 4.04. The smallest absolute Gasteiger partial charge is 0.260 e. The molecule has 0 radical (unpaired) electrons. The maximum absolute atomic E-state index is 13.1. The van der Waals surface area contributed by atoms with Crippen LogP contribution in [0.5, 0.6) is 0 Å². The maximum Gasteiger partial charge on any atom is 0.260 e. The van der Waals surface area contributed by atoms with Crippen molar-refractivity contribution in [2.75, 3.05) is 32.1 Å². The summed E-state index contributed by atoms with van der Waals surface area (Å²) in [5, 5.41) is 0. The van der Waals surface area contributed by atoms with Gasteiger partial charge in [0.05, 0.1) is 11.3 Å². The molecule has 0 saturated heterocycles. The third kappa shape index (κ3) is 2.43. The highest BCUT2D eigenvalue weighted by atomic mass is 16.2. The van der Waals surface area contributed by atoms with Crippen molar-refractivity contribution in [3.05, 3.63) is 65.2 Å². The van der Waals surface area contributed by atoms with Gasteiger partial charge in [-0.3, -0.25) is 14.5 Å². The fraction of sp³-hybridized carbons (Fsp3) is 0.300. The van der Waals surface area contributed by atoms with Crippen LogP contribution >= 0.6 is 0 Å². The van der Waals surface area contributed by atoms with Gasteiger partial charge in [-0.2, -0.15) is 0 Å². The Morgan fingerprint density at radius 2 is 1.60 bits per heavy atom. The van der Waals surface area contributed by atoms with Crippen LogP contribution in [0.25, 0.3) is 0 Å². The second-order valence-electron chi connectivity index (χ2n) is 6.81. The first-order chi connectivity index (χ1) is 12.1. The van der Waals surface area contributed by atoms with E-state index in [2.05, 4.69) is 4.90 Å². The van der Waals surface area contributed by atoms with Crippen LogP contribution < -0.4 is 4.90 Å². The molecule has 0 spiro atoms. The molecule has 0 saturated carbocycles. The molecule has 0 unspecified atom stereocenters. The lowest BCUT2D eigenvalue weighted by Crippen LogP contribution is -2.48. The summed E-state index contributed by atoms with van der Waals surface area (Å²) in [4.78, 5) is 31.9. The number of hydrogen-bond donors (Lipinski definition) is 0. The zero-order valence-corrected chi connectivity index (χ0v) is 14.5. The molecule has 2 aromatic carbocycles. The van der Waals surface area contributed by atoms with E-state index in [1.165, 1.54) is 0 Å². The Morgan fingerprint density at radius 1 is 0.920 bits per heavy atom. The van der Waals surface area contributed by atoms with Crippen molar-refractivity contribution < 1.29 is 9.59 Å². The van der Waals surface area contributed by atoms with Crippen LogP contribution in [0.4, 0.5) is 5.69 Å². The van der Waals surface area contributed by atoms with E-state index >= 15 is 0 Å². The van der Waals surface area contributed by atoms with Gasteiger partial charge < -0.3 is 9.80 Å². The fourth-order valence-electron chi connectivity index (χ4n) is 3.76. The summed E-state index contributed by atoms with van der Waals surface area (Å²) in [6.45, 7) is 1.52. The summed E-state index contributed by atoms with van der Waals surface area (Å²) in [5.74, 6) is -0.0294. The standard InChI is InChI=1S/C20H21N3O2/c1-21(2)12-7-13-22-18-14-8-3-4-9-15(14)20(25)23(18)17-11-6-5-10-16(17)19(22)24/h3-6,8-11,18H,7,12-13H2,1-2H3/t18-/m1/s1. The Labute approximate surface area is 147 Å². The minimum absolute atomic E-state index is 0.000101. The molecule has 2 amide bonds. The molecule has 1 atom stereocenters. The van der Waals surface area contributed by atoms with E-state index in [0.717, 1.165) is 18.5 Å². The van der Waals surface area contributed by atoms with E-state index in [-0.39, 0.29) is 18.0 Å². The predicted octanol–water partition coefficient (Wildman–Crippen LogP) is 2.75. The minimum atomic E-state index is -0.340. The second kappa shape index (κ2) is 6.01. The van der Waals surface area contributed by atoms with Crippen LogP contribution in [-0.2, 0) is 0 Å². The van der Waals surface area contributed by atoms with E-state index < -0.39 is 0 Å². The van der Waals surface area contributed by atoms with Gasteiger partial charge in [-0.15, -0.1) is 0 Å². The van der Waals surface area contributed by atoms with Crippen LogP contribution in [0.1, 0.15) is 38.9 Å². The third-order valence-electron chi connectivity index (χ3n) is 4.89. The van der Waals surface area contributed by atoms with Gasteiger partial charge in [-0.25, -0.2) is 0 Å². The van der Waals surface area contributed by atoms with Gasteiger partial charge in [0.1, 0.15) is 6.17 Å². The number of para-hydroxylation sites is 1. The Morgan fingerprint density at radius 3 is 2.36 bits per heavy atom. The lowest BCUT2D eigenvalue weighted by Gasteiger charge is -2.41. The summed E-state index contributed by atoms with van der Waals surface area (Å²) in [6, 6.07) is 15.0. The van der Waals surface area contributed by atoms with Crippen molar-refractivity contribution in [3.63, 3.8) is 0 Å². The summed E-state index contributed by atoms with van der Waals surface area (Å²) in [6.07, 6.45) is 0.523. The topological polar surface area (TPSA) is 43.9 Å². The third-order valence-corrected chi connectivity index (χ3v) is 4.89. The Kier molecular flexibility index (Phi) is 3.81. The van der Waals surface area contributed by atoms with Gasteiger partial charge in [-0.05, 0) is 45.3 Å². The van der Waals surface area contributed by atoms with Gasteiger partial charge >= 0.3 is 0 Å². The fourth-order valence-corrected chi connectivity index (χ4v) is 3.76. The summed E-state index contributed by atoms with van der Waals surface area (Å²) < 4.78 is 0. The summed E-state index contributed by atoms with van der Waals surface area (Å²) in [5.41, 5.74) is 2.92. The SMILES string of the molecule is CN(C)CCCN1C(=O)c2ccccc2N2C(=O)c3ccccc3[C@H]12. The summed E-state index contributed by atoms with van der Waals surface area (Å²) >= 11 is 0. The molecule has 2 aliphatic rings. The molecule has 2 aliphatic heterocycles. The number of carbonyl (C=O) groups excluding carboxylic acids is 2. The van der Waals surface area contributed by atoms with Gasteiger partial charge in [-0.1, -0.05) is 30.3 Å². The second-order valence-corrected chi connectivity index (χ2v) is 6.81. The number of amides is 2. The van der Waals surface area contributed by atoms with Crippen LogP contribution in [0, 0.1) is 0 Å². The van der Waals surface area contributed by atoms with E-state index in [0.29, 0.717) is 23.4 Å². The first-order valence-corrected chi connectivity index (χ1v) is 8.57. The molecule has 0 aliphatic carbocycles. The number of nitrogens with zero attached hydrogens (tertiary/aromatic N) is 3. The van der Waals surface area contributed by atoms with E-state index in [1.54, 1.807) is 4.90 Å². The Bertz CT molecular complexity index is 846. The van der Waals surface area contributed by atoms with Crippen LogP contribution in [0.2, 0.25) is 0 Å². The van der Waals surface area contributed by atoms with Crippen molar-refractivity contribution >= 4 is 17.5 Å². The van der Waals surface area contributed by atoms with E-state index in [1.807, 2.05) is 67.5 Å². The van der Waals surface area contributed by atoms with Crippen molar-refractivity contribution in [3.8, 4) is 0 Å². The lowest BCUT2D eigenvalue weighted by molar-refractivity contribution is 0.0640. The van der Waals surface area contributed by atoms with E-state index in [9.17, 15) is 9.59 Å². The number of fused-ring (bicyclic) bond motifs is 5. The highest BCUT2D eigenvalue weighted by Crippen LogP contribution is 2.44. The first kappa shape index (κ1) is 15.8. The van der Waals surface area contributed by atoms with Crippen LogP contribution in [-0.4, -0.2) is 48.8 Å². The van der Waals surface area contributed by atoms with Crippen LogP contribution in [0.3, 0.4) is 0 Å². The number of anilines is 1. The zero-order chi connectivity index (χ0) is 17.6. The highest BCUT2D eigenvalue weighted by Gasteiger charge is 2.47. The Hall–Kier alpha value is -2.66. The van der Waals surface area contributed by atoms with Gasteiger partial charge in [0.15, 0.2) is 0 Å². The molecule has 0 fully saturated rings. The van der Waals surface area contributed by atoms with Crippen LogP contribution in [0.15, 0.2) is 48.5 Å². The molecule has 128 valence electrons. The predicted molar refractivity (Wildman–Crippen MR) is 96.6 cm³/mol. The quantitative estimate of drug-likeness (QED) is 0.863. The molecular formula is C20H21N3O2. The number of hydrogen-bond acceptors (Lipinski definition) is 3. The zero-order valence-electron chi connectivity index (χ0n) is 14.5. The number of benzene rings is 2. The first-order valence-electron chi connectivity index (χ1n) is 8.57. The molecule has 4 rings (SSSR count). The average molecular weight is 335 g/mol. The normalized spacial score (nSPS) is 18.4. The number of carbonyl (C=O) groups is 2. The molecular weight excluding hydrogens is 314 g/mol. The molecule has 2 aromatic rings. The Balaban J connectivity index is 1.80. The monoisotopic (exact) mass is 335 g/mol. The molecule has 0 aromatic heterocycles. The molecule has 2 heterocycles. The maximum atomic E-state index is 13.1. The van der Waals surface area contributed by atoms with E-state index in [4.69, 9.17) is 0 Å². The molecule has 0 N–H and O–H groups in total. The van der Waals surface area contributed by atoms with Crippen molar-refractivity contribution in [1.82, 2.24) is 9.80 Å².